The van der Waals surface area contributed by atoms with Gasteiger partial charge in [-0.25, -0.2) is 4.39 Å². The van der Waals surface area contributed by atoms with Gasteiger partial charge < -0.3 is 21.5 Å². The zero-order valence-electron chi connectivity index (χ0n) is 20.0. The maximum atomic E-state index is 14.6. The average molecular weight is 460 g/mol. The summed E-state index contributed by atoms with van der Waals surface area (Å²) in [7, 11) is 1.56. The zero-order chi connectivity index (χ0) is 25.0. The summed E-state index contributed by atoms with van der Waals surface area (Å²) in [6.07, 6.45) is 4.87. The van der Waals surface area contributed by atoms with E-state index in [1.54, 1.807) is 26.1 Å². The first kappa shape index (κ1) is 26.1. The molecule has 0 heterocycles. The number of carbonyl (C=O) groups excluding carboxylic acids is 3. The molecule has 2 rings (SSSR count). The molecule has 1 aromatic carbocycles. The van der Waals surface area contributed by atoms with Crippen LogP contribution in [-0.2, 0) is 14.3 Å². The van der Waals surface area contributed by atoms with Gasteiger partial charge in [0.15, 0.2) is 0 Å². The standard InChI is InChI=1S/C25H34FN3O4/c1-15-18(11-16(22(27)31)12-19(15)26)17-8-9-25(23(28)32,14-24(2,3)4)13-20(17)33-10-6-7-21(30)29-5/h8-9,11-12H,6-7,10,13-14H2,1-5H3,(H2,27,31)(H2,28,32)(H,29,30). The van der Waals surface area contributed by atoms with Gasteiger partial charge in [-0.15, -0.1) is 0 Å². The maximum Gasteiger partial charge on any atom is 0.248 e. The number of allylic oxidation sites excluding steroid dienone is 3. The molecular formula is C25H34FN3O4. The van der Waals surface area contributed by atoms with Crippen LogP contribution >= 0.6 is 0 Å². The molecule has 0 saturated carbocycles. The highest BCUT2D eigenvalue weighted by atomic mass is 19.1. The monoisotopic (exact) mass is 459 g/mol. The van der Waals surface area contributed by atoms with Crippen LogP contribution in [0.3, 0.4) is 0 Å². The summed E-state index contributed by atoms with van der Waals surface area (Å²) in [4.78, 5) is 35.9. The number of ether oxygens (including phenoxy) is 1. The fraction of sp³-hybridized carbons (Fsp3) is 0.480. The largest absolute Gasteiger partial charge is 0.497 e. The summed E-state index contributed by atoms with van der Waals surface area (Å²) in [5, 5.41) is 2.56. The molecule has 0 spiro atoms. The van der Waals surface area contributed by atoms with Crippen molar-refractivity contribution in [3.8, 4) is 0 Å². The zero-order valence-corrected chi connectivity index (χ0v) is 20.0. The van der Waals surface area contributed by atoms with E-state index in [0.29, 0.717) is 35.3 Å². The molecule has 0 bridgehead atoms. The van der Waals surface area contributed by atoms with Crippen molar-refractivity contribution in [1.29, 1.82) is 0 Å². The van der Waals surface area contributed by atoms with Crippen LogP contribution in [0, 0.1) is 23.6 Å². The van der Waals surface area contributed by atoms with Crippen molar-refractivity contribution in [3.63, 3.8) is 0 Å². The van der Waals surface area contributed by atoms with E-state index in [9.17, 15) is 18.8 Å². The van der Waals surface area contributed by atoms with E-state index in [1.165, 1.54) is 6.07 Å². The van der Waals surface area contributed by atoms with Gasteiger partial charge in [-0.2, -0.15) is 0 Å². The van der Waals surface area contributed by atoms with Gasteiger partial charge in [-0.05, 0) is 48.4 Å². The second kappa shape index (κ2) is 10.2. The lowest BCUT2D eigenvalue weighted by molar-refractivity contribution is -0.127. The quantitative estimate of drug-likeness (QED) is 0.490. The Morgan fingerprint density at radius 2 is 1.88 bits per heavy atom. The molecule has 7 nitrogen and oxygen atoms in total. The lowest BCUT2D eigenvalue weighted by Crippen LogP contribution is -2.40. The van der Waals surface area contributed by atoms with Gasteiger partial charge in [0.05, 0.1) is 12.0 Å². The van der Waals surface area contributed by atoms with Gasteiger partial charge in [0.25, 0.3) is 0 Å². The van der Waals surface area contributed by atoms with Crippen molar-refractivity contribution in [3.05, 3.63) is 52.6 Å². The van der Waals surface area contributed by atoms with Gasteiger partial charge in [0, 0.05) is 31.0 Å². The molecule has 0 saturated heterocycles. The number of carbonyl (C=O) groups is 3. The number of amides is 3. The number of rotatable bonds is 9. The third-order valence-corrected chi connectivity index (χ3v) is 5.70. The predicted molar refractivity (Wildman–Crippen MR) is 125 cm³/mol. The number of hydrogen-bond acceptors (Lipinski definition) is 4. The normalized spacial score (nSPS) is 18.2. The third kappa shape index (κ3) is 6.43. The second-order valence-electron chi connectivity index (χ2n) is 9.72. The molecule has 180 valence electrons. The lowest BCUT2D eigenvalue weighted by atomic mass is 9.68. The topological polar surface area (TPSA) is 125 Å². The van der Waals surface area contributed by atoms with Gasteiger partial charge in [-0.3, -0.25) is 14.4 Å². The number of benzene rings is 1. The van der Waals surface area contributed by atoms with Crippen LogP contribution in [0.25, 0.3) is 5.57 Å². The van der Waals surface area contributed by atoms with Crippen molar-refractivity contribution in [2.45, 2.75) is 53.4 Å². The summed E-state index contributed by atoms with van der Waals surface area (Å²) in [6.45, 7) is 7.88. The van der Waals surface area contributed by atoms with Crippen LogP contribution in [0.2, 0.25) is 0 Å². The highest BCUT2D eigenvalue weighted by molar-refractivity contribution is 5.95. The Morgan fingerprint density at radius 3 is 2.42 bits per heavy atom. The fourth-order valence-corrected chi connectivity index (χ4v) is 4.12. The first-order chi connectivity index (χ1) is 15.3. The average Bonchev–Trinajstić information content (AvgIpc) is 2.71. The van der Waals surface area contributed by atoms with Crippen LogP contribution < -0.4 is 16.8 Å². The number of nitrogens with two attached hydrogens (primary N) is 2. The Balaban J connectivity index is 2.54. The highest BCUT2D eigenvalue weighted by Crippen LogP contribution is 2.45. The van der Waals surface area contributed by atoms with Gasteiger partial charge in [-0.1, -0.05) is 32.9 Å². The molecule has 1 aliphatic rings. The summed E-state index contributed by atoms with van der Waals surface area (Å²) >= 11 is 0. The molecule has 1 atom stereocenters. The number of nitrogens with one attached hydrogen (secondary N) is 1. The smallest absolute Gasteiger partial charge is 0.248 e. The van der Waals surface area contributed by atoms with Crippen molar-refractivity contribution in [1.82, 2.24) is 5.32 Å². The summed E-state index contributed by atoms with van der Waals surface area (Å²) < 4.78 is 20.7. The van der Waals surface area contributed by atoms with Gasteiger partial charge in [0.1, 0.15) is 11.6 Å². The summed E-state index contributed by atoms with van der Waals surface area (Å²) in [6, 6.07) is 2.63. The molecule has 8 heteroatoms. The molecule has 0 fully saturated rings. The van der Waals surface area contributed by atoms with Crippen molar-refractivity contribution >= 4 is 23.3 Å². The van der Waals surface area contributed by atoms with Crippen LogP contribution in [-0.4, -0.2) is 31.4 Å². The van der Waals surface area contributed by atoms with E-state index in [0.717, 1.165) is 6.07 Å². The maximum absolute atomic E-state index is 14.6. The van der Waals surface area contributed by atoms with Gasteiger partial charge in [0.2, 0.25) is 17.7 Å². The van der Waals surface area contributed by atoms with Crippen LogP contribution in [0.5, 0.6) is 0 Å². The van der Waals surface area contributed by atoms with E-state index in [2.05, 4.69) is 5.32 Å². The molecule has 3 amide bonds. The van der Waals surface area contributed by atoms with Crippen LogP contribution in [0.15, 0.2) is 30.0 Å². The molecule has 1 unspecified atom stereocenters. The SMILES string of the molecule is CNC(=O)CCCOC1=C(c2cc(C(N)=O)cc(F)c2C)C=CC(CC(C)(C)C)(C(N)=O)C1. The van der Waals surface area contributed by atoms with Crippen molar-refractivity contribution < 1.29 is 23.5 Å². The Kier molecular flexibility index (Phi) is 8.06. The van der Waals surface area contributed by atoms with E-state index in [-0.39, 0.29) is 36.3 Å². The lowest BCUT2D eigenvalue weighted by Gasteiger charge is -2.37. The molecule has 1 aromatic rings. The minimum Gasteiger partial charge on any atom is -0.497 e. The molecule has 0 radical (unpaired) electrons. The number of hydrogen-bond donors (Lipinski definition) is 3. The molecular weight excluding hydrogens is 425 g/mol. The summed E-state index contributed by atoms with van der Waals surface area (Å²) in [5.41, 5.74) is 11.4. The van der Waals surface area contributed by atoms with E-state index >= 15 is 0 Å². The predicted octanol–water partition coefficient (Wildman–Crippen LogP) is 3.35. The molecule has 33 heavy (non-hydrogen) atoms. The van der Waals surface area contributed by atoms with Gasteiger partial charge >= 0.3 is 0 Å². The van der Waals surface area contributed by atoms with Crippen LogP contribution in [0.1, 0.15) is 67.9 Å². The Labute approximate surface area is 194 Å². The second-order valence-corrected chi connectivity index (χ2v) is 9.72. The Hall–Kier alpha value is -3.16. The molecule has 5 N–H and O–H groups in total. The number of primary amides is 2. The fourth-order valence-electron chi connectivity index (χ4n) is 4.12. The first-order valence-corrected chi connectivity index (χ1v) is 11.0. The third-order valence-electron chi connectivity index (χ3n) is 5.70. The Bertz CT molecular complexity index is 1010. The van der Waals surface area contributed by atoms with E-state index in [4.69, 9.17) is 16.2 Å². The minimum absolute atomic E-state index is 0.0365. The molecule has 0 aliphatic heterocycles. The highest BCUT2D eigenvalue weighted by Gasteiger charge is 2.42. The van der Waals surface area contributed by atoms with E-state index < -0.39 is 23.0 Å². The minimum atomic E-state index is -0.981. The Morgan fingerprint density at radius 1 is 1.21 bits per heavy atom. The van der Waals surface area contributed by atoms with Crippen molar-refractivity contribution in [2.75, 3.05) is 13.7 Å². The summed E-state index contributed by atoms with van der Waals surface area (Å²) in [5.74, 6) is -1.44. The van der Waals surface area contributed by atoms with Crippen molar-refractivity contribution in [2.24, 2.45) is 22.3 Å². The first-order valence-electron chi connectivity index (χ1n) is 11.0. The van der Waals surface area contributed by atoms with Crippen LogP contribution in [0.4, 0.5) is 4.39 Å². The number of halogens is 1. The molecule has 0 aromatic heterocycles. The molecule has 1 aliphatic carbocycles. The van der Waals surface area contributed by atoms with E-state index in [1.807, 2.05) is 20.8 Å².